The highest BCUT2D eigenvalue weighted by molar-refractivity contribution is 5.73. The lowest BCUT2D eigenvalue weighted by Crippen LogP contribution is -2.65. The zero-order valence-electron chi connectivity index (χ0n) is 16.0. The molecule has 9 unspecified atom stereocenters. The zero-order chi connectivity index (χ0) is 21.2. The summed E-state index contributed by atoms with van der Waals surface area (Å²) in [5, 5.41) is 52.7. The Labute approximate surface area is 162 Å². The van der Waals surface area contributed by atoms with Gasteiger partial charge in [0, 0.05) is 26.6 Å². The van der Waals surface area contributed by atoms with Crippen LogP contribution in [-0.2, 0) is 23.8 Å². The van der Waals surface area contributed by atoms with Crippen LogP contribution in [0.15, 0.2) is 0 Å². The Hall–Kier alpha value is -1.34. The number of aliphatic carboxylic acids is 1. The second kappa shape index (κ2) is 9.44. The number of carbonyl (C=O) groups excluding carboxylic acids is 1. The van der Waals surface area contributed by atoms with Crippen molar-refractivity contribution in [2.24, 2.45) is 11.8 Å². The third-order valence-electron chi connectivity index (χ3n) is 5.42. The van der Waals surface area contributed by atoms with E-state index in [4.69, 9.17) is 14.2 Å². The molecule has 0 bridgehead atoms. The number of rotatable bonds is 6. The highest BCUT2D eigenvalue weighted by Gasteiger charge is 2.52. The van der Waals surface area contributed by atoms with Crippen LogP contribution in [0, 0.1) is 11.8 Å². The van der Waals surface area contributed by atoms with Crippen LogP contribution in [0.3, 0.4) is 0 Å². The number of aliphatic hydroxyl groups excluding tert-OH is 4. The zero-order valence-corrected chi connectivity index (χ0v) is 16.0. The minimum atomic E-state index is -1.66. The average molecular weight is 407 g/mol. The molecule has 6 N–H and O–H groups in total. The number of amides is 1. The van der Waals surface area contributed by atoms with Crippen molar-refractivity contribution < 1.29 is 49.3 Å². The first kappa shape index (κ1) is 22.9. The van der Waals surface area contributed by atoms with Gasteiger partial charge in [0.05, 0.1) is 12.1 Å². The summed E-state index contributed by atoms with van der Waals surface area (Å²) in [6.45, 7) is 2.78. The van der Waals surface area contributed by atoms with Crippen LogP contribution < -0.4 is 5.32 Å². The minimum Gasteiger partial charge on any atom is -0.479 e. The van der Waals surface area contributed by atoms with Crippen molar-refractivity contribution in [3.63, 3.8) is 0 Å². The molecular weight excluding hydrogens is 378 g/mol. The molecular formula is C17H29NO10. The lowest BCUT2D eigenvalue weighted by atomic mass is 9.75. The predicted octanol–water partition coefficient (Wildman–Crippen LogP) is -2.57. The van der Waals surface area contributed by atoms with Gasteiger partial charge in [0.15, 0.2) is 12.4 Å². The highest BCUT2D eigenvalue weighted by Crippen LogP contribution is 2.34. The van der Waals surface area contributed by atoms with Crippen molar-refractivity contribution in [2.45, 2.75) is 69.2 Å². The van der Waals surface area contributed by atoms with E-state index in [2.05, 4.69) is 5.32 Å². The average Bonchev–Trinajstić information content (AvgIpc) is 2.63. The first-order valence-electron chi connectivity index (χ1n) is 9.11. The van der Waals surface area contributed by atoms with Crippen molar-refractivity contribution in [3.05, 3.63) is 0 Å². The number of methoxy groups -OCH3 is 1. The molecule has 1 aliphatic carbocycles. The van der Waals surface area contributed by atoms with Crippen molar-refractivity contribution in [3.8, 4) is 0 Å². The van der Waals surface area contributed by atoms with Gasteiger partial charge in [-0.2, -0.15) is 0 Å². The molecule has 2 aliphatic rings. The van der Waals surface area contributed by atoms with Gasteiger partial charge in [-0.1, -0.05) is 6.92 Å². The molecule has 1 saturated carbocycles. The SMILES string of the molecule is COC1C(C(=O)O)OC(OC2C(O)C(CO)C[C@H](C)C2NC(C)=O)C(O)C1O. The van der Waals surface area contributed by atoms with E-state index in [0.29, 0.717) is 6.42 Å². The number of aliphatic hydroxyl groups is 4. The van der Waals surface area contributed by atoms with Gasteiger partial charge in [-0.3, -0.25) is 4.79 Å². The van der Waals surface area contributed by atoms with Gasteiger partial charge in [0.25, 0.3) is 0 Å². The Morgan fingerprint density at radius 2 is 1.79 bits per heavy atom. The summed E-state index contributed by atoms with van der Waals surface area (Å²) in [6, 6.07) is -0.674. The van der Waals surface area contributed by atoms with Crippen molar-refractivity contribution in [1.82, 2.24) is 5.32 Å². The van der Waals surface area contributed by atoms with Crippen LogP contribution in [0.5, 0.6) is 0 Å². The van der Waals surface area contributed by atoms with Crippen LogP contribution in [0.2, 0.25) is 0 Å². The van der Waals surface area contributed by atoms with Gasteiger partial charge in [-0.15, -0.1) is 0 Å². The molecule has 1 aliphatic heterocycles. The van der Waals surface area contributed by atoms with Gasteiger partial charge in [0.2, 0.25) is 5.91 Å². The predicted molar refractivity (Wildman–Crippen MR) is 91.9 cm³/mol. The number of ether oxygens (including phenoxy) is 3. The third-order valence-corrected chi connectivity index (χ3v) is 5.42. The number of nitrogens with one attached hydrogen (secondary N) is 1. The van der Waals surface area contributed by atoms with Gasteiger partial charge >= 0.3 is 5.97 Å². The first-order valence-corrected chi connectivity index (χ1v) is 9.11. The second-order valence-electron chi connectivity index (χ2n) is 7.42. The first-order chi connectivity index (χ1) is 13.1. The maximum absolute atomic E-state index is 11.6. The molecule has 1 heterocycles. The molecule has 10 atom stereocenters. The molecule has 2 fully saturated rings. The van der Waals surface area contributed by atoms with Gasteiger partial charge in [0.1, 0.15) is 24.4 Å². The molecule has 0 aromatic rings. The maximum Gasteiger partial charge on any atom is 0.335 e. The van der Waals surface area contributed by atoms with Crippen molar-refractivity contribution >= 4 is 11.9 Å². The summed E-state index contributed by atoms with van der Waals surface area (Å²) >= 11 is 0. The highest BCUT2D eigenvalue weighted by atomic mass is 16.7. The van der Waals surface area contributed by atoms with E-state index in [0.717, 1.165) is 0 Å². The summed E-state index contributed by atoms with van der Waals surface area (Å²) in [5.41, 5.74) is 0. The molecule has 0 radical (unpaired) electrons. The number of hydrogen-bond donors (Lipinski definition) is 6. The summed E-state index contributed by atoms with van der Waals surface area (Å²) in [6.07, 6.45) is -9.70. The molecule has 2 rings (SSSR count). The molecule has 162 valence electrons. The summed E-state index contributed by atoms with van der Waals surface area (Å²) in [7, 11) is 1.17. The Bertz CT molecular complexity index is 560. The fraction of sp³-hybridized carbons (Fsp3) is 0.882. The van der Waals surface area contributed by atoms with Gasteiger partial charge in [-0.05, 0) is 12.3 Å². The quantitative estimate of drug-likeness (QED) is 0.274. The smallest absolute Gasteiger partial charge is 0.335 e. The lowest BCUT2D eigenvalue weighted by molar-refractivity contribution is -0.320. The van der Waals surface area contributed by atoms with E-state index in [9.17, 15) is 35.1 Å². The Morgan fingerprint density at radius 1 is 1.14 bits per heavy atom. The van der Waals surface area contributed by atoms with Gasteiger partial charge in [-0.25, -0.2) is 4.79 Å². The summed E-state index contributed by atoms with van der Waals surface area (Å²) < 4.78 is 15.9. The number of carboxylic acid groups (broad SMARTS) is 1. The van der Waals surface area contributed by atoms with E-state index < -0.39 is 60.8 Å². The molecule has 11 heteroatoms. The minimum absolute atomic E-state index is 0.192. The summed E-state index contributed by atoms with van der Waals surface area (Å²) in [4.78, 5) is 23.0. The molecule has 1 amide bonds. The largest absolute Gasteiger partial charge is 0.479 e. The molecule has 0 spiro atoms. The van der Waals surface area contributed by atoms with E-state index >= 15 is 0 Å². The molecule has 11 nitrogen and oxygen atoms in total. The maximum atomic E-state index is 11.6. The van der Waals surface area contributed by atoms with Crippen molar-refractivity contribution in [2.75, 3.05) is 13.7 Å². The molecule has 1 saturated heterocycles. The van der Waals surface area contributed by atoms with Crippen LogP contribution >= 0.6 is 0 Å². The Morgan fingerprint density at radius 3 is 2.29 bits per heavy atom. The third kappa shape index (κ3) is 4.62. The molecule has 0 aromatic heterocycles. The van der Waals surface area contributed by atoms with E-state index in [1.807, 2.05) is 0 Å². The second-order valence-corrected chi connectivity index (χ2v) is 7.42. The lowest BCUT2D eigenvalue weighted by Gasteiger charge is -2.47. The normalized spacial score (nSPS) is 44.1. The monoisotopic (exact) mass is 407 g/mol. The Kier molecular flexibility index (Phi) is 7.73. The number of carbonyl (C=O) groups is 2. The fourth-order valence-electron chi connectivity index (χ4n) is 3.94. The van der Waals surface area contributed by atoms with Crippen LogP contribution in [0.25, 0.3) is 0 Å². The van der Waals surface area contributed by atoms with E-state index in [-0.39, 0.29) is 18.4 Å². The fourth-order valence-corrected chi connectivity index (χ4v) is 3.94. The number of carboxylic acids is 1. The van der Waals surface area contributed by atoms with Crippen molar-refractivity contribution in [1.29, 1.82) is 0 Å². The number of hydrogen-bond acceptors (Lipinski definition) is 9. The van der Waals surface area contributed by atoms with Gasteiger partial charge < -0.3 is 45.1 Å². The van der Waals surface area contributed by atoms with E-state index in [1.165, 1.54) is 14.0 Å². The standard InChI is InChI=1S/C17H29NO10/c1-6-4-8(5-19)10(21)13(9(6)18-7(2)20)27-17-12(23)11(22)14(26-3)15(28-17)16(24)25/h6,8-15,17,19,21-23H,4-5H2,1-3H3,(H,18,20)(H,24,25)/t6-,8?,9?,10?,11?,12?,13?,14?,15?,17?/m0/s1. The van der Waals surface area contributed by atoms with Crippen LogP contribution in [0.4, 0.5) is 0 Å². The molecule has 28 heavy (non-hydrogen) atoms. The van der Waals surface area contributed by atoms with E-state index in [1.54, 1.807) is 6.92 Å². The van der Waals surface area contributed by atoms with Crippen LogP contribution in [-0.4, -0.2) is 100 Å². The van der Waals surface area contributed by atoms with Crippen LogP contribution in [0.1, 0.15) is 20.3 Å². The Balaban J connectivity index is 2.26. The molecule has 0 aromatic carbocycles. The summed E-state index contributed by atoms with van der Waals surface area (Å²) in [5.74, 6) is -2.52. The topological polar surface area (TPSA) is 175 Å².